The van der Waals surface area contributed by atoms with Gasteiger partial charge in [0.15, 0.2) is 5.82 Å². The average molecular weight is 294 g/mol. The zero-order valence-electron chi connectivity index (χ0n) is 13.0. The number of amides is 1. The van der Waals surface area contributed by atoms with Crippen molar-refractivity contribution >= 4 is 11.9 Å². The number of aryl methyl sites for hydroxylation is 1. The molecule has 0 saturated carbocycles. The van der Waals surface area contributed by atoms with Gasteiger partial charge in [-0.15, -0.1) is 10.2 Å². The molecule has 0 aliphatic carbocycles. The Kier molecular flexibility index (Phi) is 4.44. The Bertz CT molecular complexity index is 531. The van der Waals surface area contributed by atoms with Gasteiger partial charge in [-0.25, -0.2) is 4.79 Å². The second-order valence-corrected chi connectivity index (χ2v) is 5.94. The van der Waals surface area contributed by atoms with E-state index in [4.69, 9.17) is 4.74 Å². The van der Waals surface area contributed by atoms with Crippen molar-refractivity contribution in [2.75, 3.05) is 19.6 Å². The Labute approximate surface area is 124 Å². The number of ether oxygens (including phenoxy) is 1. The van der Waals surface area contributed by atoms with Gasteiger partial charge < -0.3 is 14.6 Å². The lowest BCUT2D eigenvalue weighted by molar-refractivity contribution is 0.0276. The quantitative estimate of drug-likeness (QED) is 0.861. The van der Waals surface area contributed by atoms with Crippen LogP contribution in [0.2, 0.25) is 0 Å². The molecule has 8 nitrogen and oxygen atoms in total. The van der Waals surface area contributed by atoms with E-state index in [0.717, 1.165) is 11.7 Å². The molecule has 21 heavy (non-hydrogen) atoms. The van der Waals surface area contributed by atoms with Gasteiger partial charge in [0.25, 0.3) is 0 Å². The van der Waals surface area contributed by atoms with E-state index < -0.39 is 5.60 Å². The number of aliphatic imine (C=N–C) groups is 1. The zero-order valence-corrected chi connectivity index (χ0v) is 13.0. The summed E-state index contributed by atoms with van der Waals surface area (Å²) in [5.74, 6) is 1.57. The molecule has 0 unspecified atom stereocenters. The van der Waals surface area contributed by atoms with Gasteiger partial charge in [0, 0.05) is 13.6 Å². The Balaban J connectivity index is 1.87. The molecule has 0 saturated heterocycles. The van der Waals surface area contributed by atoms with E-state index in [0.29, 0.717) is 26.2 Å². The first-order chi connectivity index (χ1) is 9.85. The Morgan fingerprint density at radius 1 is 1.48 bits per heavy atom. The normalized spacial score (nSPS) is 15.6. The highest BCUT2D eigenvalue weighted by Gasteiger charge is 2.24. The summed E-state index contributed by atoms with van der Waals surface area (Å²) in [7, 11) is 1.88. The third-order valence-corrected chi connectivity index (χ3v) is 2.92. The molecule has 0 fully saturated rings. The minimum atomic E-state index is -0.488. The Morgan fingerprint density at radius 2 is 2.24 bits per heavy atom. The molecule has 0 atom stereocenters. The predicted molar refractivity (Wildman–Crippen MR) is 78.0 cm³/mol. The van der Waals surface area contributed by atoms with Crippen molar-refractivity contribution in [1.82, 2.24) is 25.0 Å². The van der Waals surface area contributed by atoms with Crippen molar-refractivity contribution in [3.63, 3.8) is 0 Å². The molecule has 1 aliphatic heterocycles. The van der Waals surface area contributed by atoms with Crippen molar-refractivity contribution in [1.29, 1.82) is 0 Å². The fourth-order valence-electron chi connectivity index (χ4n) is 1.86. The van der Waals surface area contributed by atoms with Crippen LogP contribution in [0.5, 0.6) is 0 Å². The smallest absolute Gasteiger partial charge is 0.410 e. The lowest BCUT2D eigenvalue weighted by atomic mass is 10.2. The first-order valence-electron chi connectivity index (χ1n) is 6.93. The van der Waals surface area contributed by atoms with Crippen LogP contribution in [0.3, 0.4) is 0 Å². The molecular formula is C13H22N6O2. The highest BCUT2D eigenvalue weighted by atomic mass is 16.6. The fourth-order valence-corrected chi connectivity index (χ4v) is 1.86. The van der Waals surface area contributed by atoms with E-state index in [2.05, 4.69) is 20.5 Å². The van der Waals surface area contributed by atoms with Crippen molar-refractivity contribution in [2.24, 2.45) is 12.0 Å². The van der Waals surface area contributed by atoms with Crippen LogP contribution in [0, 0.1) is 0 Å². The minimum Gasteiger partial charge on any atom is -0.444 e. The molecule has 0 bridgehead atoms. The number of amidine groups is 1. The number of aromatic nitrogens is 3. The van der Waals surface area contributed by atoms with Gasteiger partial charge in [-0.2, -0.15) is 0 Å². The van der Waals surface area contributed by atoms with Crippen LogP contribution in [-0.2, 0) is 18.3 Å². The van der Waals surface area contributed by atoms with Crippen LogP contribution < -0.4 is 5.32 Å². The lowest BCUT2D eigenvalue weighted by Gasteiger charge is -2.29. The summed E-state index contributed by atoms with van der Waals surface area (Å²) >= 11 is 0. The Hall–Kier alpha value is -2.12. The summed E-state index contributed by atoms with van der Waals surface area (Å²) in [6, 6.07) is 0. The van der Waals surface area contributed by atoms with Crippen LogP contribution >= 0.6 is 0 Å². The first-order valence-corrected chi connectivity index (χ1v) is 6.93. The van der Waals surface area contributed by atoms with Crippen molar-refractivity contribution < 1.29 is 9.53 Å². The van der Waals surface area contributed by atoms with Crippen molar-refractivity contribution in [3.05, 3.63) is 12.2 Å². The number of nitrogens with zero attached hydrogens (tertiary/aromatic N) is 5. The maximum Gasteiger partial charge on any atom is 0.410 e. The second-order valence-electron chi connectivity index (χ2n) is 5.94. The summed E-state index contributed by atoms with van der Waals surface area (Å²) in [6.07, 6.45) is 1.34. The monoisotopic (exact) mass is 294 g/mol. The van der Waals surface area contributed by atoms with Crippen molar-refractivity contribution in [3.8, 4) is 0 Å². The van der Waals surface area contributed by atoms with Gasteiger partial charge in [0.1, 0.15) is 17.8 Å². The van der Waals surface area contributed by atoms with E-state index >= 15 is 0 Å². The lowest BCUT2D eigenvalue weighted by Crippen LogP contribution is -2.47. The Morgan fingerprint density at radius 3 is 2.86 bits per heavy atom. The number of carbonyl (C=O) groups is 1. The van der Waals surface area contributed by atoms with Gasteiger partial charge in [-0.3, -0.25) is 9.89 Å². The highest BCUT2D eigenvalue weighted by molar-refractivity contribution is 5.87. The fraction of sp³-hybridized carbons (Fsp3) is 0.692. The first kappa shape index (κ1) is 15.3. The van der Waals surface area contributed by atoms with Gasteiger partial charge in [-0.05, 0) is 20.8 Å². The van der Waals surface area contributed by atoms with E-state index in [-0.39, 0.29) is 6.09 Å². The van der Waals surface area contributed by atoms with Crippen LogP contribution in [0.4, 0.5) is 4.79 Å². The highest BCUT2D eigenvalue weighted by Crippen LogP contribution is 2.11. The maximum atomic E-state index is 12.0. The van der Waals surface area contributed by atoms with E-state index in [1.54, 1.807) is 11.2 Å². The third-order valence-electron chi connectivity index (χ3n) is 2.92. The number of nitrogens with one attached hydrogen (secondary N) is 1. The molecule has 0 radical (unpaired) electrons. The predicted octanol–water partition coefficient (Wildman–Crippen LogP) is 0.554. The van der Waals surface area contributed by atoms with Gasteiger partial charge in [0.05, 0.1) is 19.6 Å². The average Bonchev–Trinajstić information content (AvgIpc) is 2.80. The molecule has 0 aromatic carbocycles. The molecule has 2 heterocycles. The van der Waals surface area contributed by atoms with Gasteiger partial charge in [0.2, 0.25) is 0 Å². The second kappa shape index (κ2) is 6.11. The van der Waals surface area contributed by atoms with E-state index in [9.17, 15) is 4.79 Å². The number of rotatable bonds is 2. The van der Waals surface area contributed by atoms with E-state index in [1.165, 1.54) is 0 Å². The van der Waals surface area contributed by atoms with Crippen molar-refractivity contribution in [2.45, 2.75) is 32.9 Å². The summed E-state index contributed by atoms with van der Waals surface area (Å²) in [4.78, 5) is 18.1. The minimum absolute atomic E-state index is 0.310. The SMILES string of the molecule is Cn1cnnc1CNC1=NCCN(C(=O)OC(C)(C)C)C1. The van der Waals surface area contributed by atoms with E-state index in [1.807, 2.05) is 32.4 Å². The molecule has 2 rings (SSSR count). The zero-order chi connectivity index (χ0) is 15.5. The largest absolute Gasteiger partial charge is 0.444 e. The van der Waals surface area contributed by atoms with Crippen LogP contribution in [0.1, 0.15) is 26.6 Å². The standard InChI is InChI=1S/C13H22N6O2/c1-13(2,3)21-12(20)19-6-5-14-10(8-19)15-7-11-17-16-9-18(11)4/h9H,5-8H2,1-4H3,(H,14,15). The molecule has 8 heteroatoms. The summed E-state index contributed by atoms with van der Waals surface area (Å²) in [5, 5.41) is 11.0. The third kappa shape index (κ3) is 4.44. The molecule has 1 aliphatic rings. The van der Waals surface area contributed by atoms with Gasteiger partial charge >= 0.3 is 6.09 Å². The number of carbonyl (C=O) groups excluding carboxylic acids is 1. The van der Waals surface area contributed by atoms with Crippen LogP contribution in [-0.4, -0.2) is 56.8 Å². The summed E-state index contributed by atoms with van der Waals surface area (Å²) in [6.45, 7) is 7.66. The summed E-state index contributed by atoms with van der Waals surface area (Å²) < 4.78 is 7.21. The summed E-state index contributed by atoms with van der Waals surface area (Å²) in [5.41, 5.74) is -0.488. The topological polar surface area (TPSA) is 84.6 Å². The molecule has 1 aromatic rings. The molecule has 1 aromatic heterocycles. The molecular weight excluding hydrogens is 272 g/mol. The molecule has 116 valence electrons. The van der Waals surface area contributed by atoms with Gasteiger partial charge in [-0.1, -0.05) is 0 Å². The van der Waals surface area contributed by atoms with Crippen LogP contribution in [0.15, 0.2) is 11.3 Å². The number of hydrogen-bond donors (Lipinski definition) is 1. The maximum absolute atomic E-state index is 12.0. The van der Waals surface area contributed by atoms with Crippen LogP contribution in [0.25, 0.3) is 0 Å². The molecule has 0 spiro atoms. The molecule has 1 N–H and O–H groups in total. The number of hydrogen-bond acceptors (Lipinski definition) is 6. The molecule has 1 amide bonds.